The highest BCUT2D eigenvalue weighted by molar-refractivity contribution is 6.03. The van der Waals surface area contributed by atoms with Crippen molar-refractivity contribution in [3.05, 3.63) is 93.6 Å². The van der Waals surface area contributed by atoms with Crippen LogP contribution < -0.4 is 19.6 Å². The summed E-state index contributed by atoms with van der Waals surface area (Å²) in [6, 6.07) is 16.7. The summed E-state index contributed by atoms with van der Waals surface area (Å²) in [5.41, 5.74) is 0.896. The molecule has 10 nitrogen and oxygen atoms in total. The van der Waals surface area contributed by atoms with Crippen LogP contribution in [0, 0.1) is 6.92 Å². The molecular formula is C32H24O10. The van der Waals surface area contributed by atoms with Gasteiger partial charge in [0, 0.05) is 29.3 Å². The fourth-order valence-electron chi connectivity index (χ4n) is 4.89. The lowest BCUT2D eigenvalue weighted by Crippen LogP contribution is -2.20. The fraction of sp³-hybridized carbons (Fsp3) is 0.125. The van der Waals surface area contributed by atoms with Gasteiger partial charge in [0.15, 0.2) is 22.7 Å². The molecule has 4 aromatic carbocycles. The van der Waals surface area contributed by atoms with E-state index in [1.54, 1.807) is 36.4 Å². The molecule has 1 atom stereocenters. The Balaban J connectivity index is 1.30. The van der Waals surface area contributed by atoms with E-state index in [0.717, 1.165) is 0 Å². The van der Waals surface area contributed by atoms with E-state index in [1.165, 1.54) is 44.4 Å². The average Bonchev–Trinajstić information content (AvgIpc) is 2.97. The minimum absolute atomic E-state index is 0.0293. The van der Waals surface area contributed by atoms with Gasteiger partial charge in [-0.05, 0) is 48.9 Å². The van der Waals surface area contributed by atoms with Crippen molar-refractivity contribution in [3.8, 4) is 57.3 Å². The highest BCUT2D eigenvalue weighted by atomic mass is 16.5. The third-order valence-electron chi connectivity index (χ3n) is 7.17. The molecule has 0 saturated carbocycles. The summed E-state index contributed by atoms with van der Waals surface area (Å²) >= 11 is 0. The van der Waals surface area contributed by atoms with E-state index >= 15 is 0 Å². The van der Waals surface area contributed by atoms with Gasteiger partial charge in [-0.15, -0.1) is 0 Å². The maximum Gasteiger partial charge on any atom is 0.211 e. The van der Waals surface area contributed by atoms with Crippen molar-refractivity contribution < 1.29 is 43.8 Å². The number of phenolic OH excluding ortho intramolecular Hbond substituents is 4. The van der Waals surface area contributed by atoms with Gasteiger partial charge in [0.2, 0.25) is 5.75 Å². The van der Waals surface area contributed by atoms with Crippen molar-refractivity contribution in [1.82, 2.24) is 0 Å². The topological polar surface area (TPSA) is 156 Å². The van der Waals surface area contributed by atoms with Crippen molar-refractivity contribution in [2.75, 3.05) is 7.11 Å². The van der Waals surface area contributed by atoms with Crippen molar-refractivity contribution in [3.63, 3.8) is 0 Å². The van der Waals surface area contributed by atoms with Crippen molar-refractivity contribution >= 4 is 16.8 Å². The number of carbonyl (C=O) groups is 1. The van der Waals surface area contributed by atoms with Gasteiger partial charge in [0.05, 0.1) is 13.5 Å². The van der Waals surface area contributed by atoms with Crippen LogP contribution in [0.15, 0.2) is 75.9 Å². The Morgan fingerprint density at radius 2 is 1.60 bits per heavy atom. The van der Waals surface area contributed by atoms with Gasteiger partial charge in [-0.1, -0.05) is 12.1 Å². The Morgan fingerprint density at radius 3 is 2.29 bits per heavy atom. The molecular weight excluding hydrogens is 544 g/mol. The number of hydrogen-bond donors (Lipinski definition) is 4. The number of hydrogen-bond acceptors (Lipinski definition) is 10. The number of ether oxygens (including phenoxy) is 3. The van der Waals surface area contributed by atoms with Gasteiger partial charge in [-0.25, -0.2) is 0 Å². The molecule has 0 fully saturated rings. The zero-order valence-electron chi connectivity index (χ0n) is 22.4. The van der Waals surface area contributed by atoms with Crippen LogP contribution in [0.4, 0.5) is 0 Å². The maximum atomic E-state index is 13.1. The SMILES string of the molecule is COc1cc2c(c(O)c1Oc1ccc(-c3cc(=O)c4c(O)c(C)c(O)cc4o3)cc1)C(=O)C[C@@H](c1ccc(O)cc1)O2. The second kappa shape index (κ2) is 10.1. The van der Waals surface area contributed by atoms with E-state index in [0.29, 0.717) is 11.1 Å². The number of benzene rings is 4. The molecule has 212 valence electrons. The molecule has 6 rings (SSSR count). The Kier molecular flexibility index (Phi) is 6.38. The molecule has 0 spiro atoms. The van der Waals surface area contributed by atoms with Crippen LogP contribution in [0.25, 0.3) is 22.3 Å². The number of Topliss-reactive ketones (excluding diaryl/α,β-unsaturated/α-hetero) is 1. The summed E-state index contributed by atoms with van der Waals surface area (Å²) in [7, 11) is 1.39. The fourth-order valence-corrected chi connectivity index (χ4v) is 4.89. The van der Waals surface area contributed by atoms with E-state index in [1.807, 2.05) is 0 Å². The Hall–Kier alpha value is -5.64. The minimum atomic E-state index is -0.610. The van der Waals surface area contributed by atoms with Crippen LogP contribution in [0.1, 0.15) is 34.0 Å². The predicted octanol–water partition coefficient (Wildman–Crippen LogP) is 6.10. The number of phenols is 4. The summed E-state index contributed by atoms with van der Waals surface area (Å²) in [5, 5.41) is 40.9. The normalized spacial score (nSPS) is 14.3. The number of fused-ring (bicyclic) bond motifs is 2. The summed E-state index contributed by atoms with van der Waals surface area (Å²) in [4.78, 5) is 25.8. The first-order chi connectivity index (χ1) is 20.1. The molecule has 1 aliphatic heterocycles. The molecule has 0 bridgehead atoms. The zero-order chi connectivity index (χ0) is 29.7. The molecule has 10 heteroatoms. The van der Waals surface area contributed by atoms with Crippen LogP contribution >= 0.6 is 0 Å². The maximum absolute atomic E-state index is 13.1. The van der Waals surface area contributed by atoms with Crippen molar-refractivity contribution in [1.29, 1.82) is 0 Å². The van der Waals surface area contributed by atoms with E-state index in [2.05, 4.69) is 0 Å². The lowest BCUT2D eigenvalue weighted by molar-refractivity contribution is 0.0843. The molecule has 0 unspecified atom stereocenters. The number of ketones is 1. The molecule has 42 heavy (non-hydrogen) atoms. The van der Waals surface area contributed by atoms with Crippen LogP contribution in [0.5, 0.6) is 46.0 Å². The van der Waals surface area contributed by atoms with Crippen LogP contribution in [0.3, 0.4) is 0 Å². The van der Waals surface area contributed by atoms with E-state index in [9.17, 15) is 30.0 Å². The van der Waals surface area contributed by atoms with Crippen molar-refractivity contribution in [2.24, 2.45) is 0 Å². The summed E-state index contributed by atoms with van der Waals surface area (Å²) in [6.45, 7) is 1.49. The molecule has 0 aliphatic carbocycles. The molecule has 0 radical (unpaired) electrons. The van der Waals surface area contributed by atoms with E-state index < -0.39 is 17.3 Å². The predicted molar refractivity (Wildman–Crippen MR) is 151 cm³/mol. The smallest absolute Gasteiger partial charge is 0.211 e. The van der Waals surface area contributed by atoms with Crippen LogP contribution in [-0.4, -0.2) is 33.3 Å². The van der Waals surface area contributed by atoms with Gasteiger partial charge < -0.3 is 39.1 Å². The zero-order valence-corrected chi connectivity index (χ0v) is 22.4. The quantitative estimate of drug-likeness (QED) is 0.195. The Labute approximate surface area is 238 Å². The Bertz CT molecular complexity index is 1920. The van der Waals surface area contributed by atoms with Gasteiger partial charge >= 0.3 is 0 Å². The first-order valence-corrected chi connectivity index (χ1v) is 12.8. The molecule has 0 amide bonds. The second-order valence-electron chi connectivity index (χ2n) is 9.80. The van der Waals surface area contributed by atoms with Gasteiger partial charge in [0.1, 0.15) is 57.1 Å². The van der Waals surface area contributed by atoms with Crippen LogP contribution in [-0.2, 0) is 0 Å². The molecule has 5 aromatic rings. The summed E-state index contributed by atoms with van der Waals surface area (Å²) in [6.07, 6.45) is -0.640. The molecule has 1 aliphatic rings. The number of methoxy groups -OCH3 is 1. The highest BCUT2D eigenvalue weighted by Crippen LogP contribution is 2.50. The number of aromatic hydroxyl groups is 4. The van der Waals surface area contributed by atoms with E-state index in [-0.39, 0.29) is 80.3 Å². The lowest BCUT2D eigenvalue weighted by Gasteiger charge is -2.27. The molecule has 0 saturated heterocycles. The molecule has 2 heterocycles. The average molecular weight is 569 g/mol. The van der Waals surface area contributed by atoms with E-state index in [4.69, 9.17) is 18.6 Å². The third kappa shape index (κ3) is 4.48. The first-order valence-electron chi connectivity index (χ1n) is 12.8. The highest BCUT2D eigenvalue weighted by Gasteiger charge is 2.34. The third-order valence-corrected chi connectivity index (χ3v) is 7.17. The largest absolute Gasteiger partial charge is 0.508 e. The number of carbonyl (C=O) groups excluding carboxylic acids is 1. The summed E-state index contributed by atoms with van der Waals surface area (Å²) in [5.74, 6) is -0.573. The Morgan fingerprint density at radius 1 is 0.881 bits per heavy atom. The lowest BCUT2D eigenvalue weighted by atomic mass is 9.95. The van der Waals surface area contributed by atoms with Gasteiger partial charge in [-0.3, -0.25) is 9.59 Å². The van der Waals surface area contributed by atoms with Gasteiger partial charge in [-0.2, -0.15) is 0 Å². The van der Waals surface area contributed by atoms with Crippen LogP contribution in [0.2, 0.25) is 0 Å². The number of rotatable bonds is 5. The van der Waals surface area contributed by atoms with Gasteiger partial charge in [0.25, 0.3) is 0 Å². The monoisotopic (exact) mass is 568 g/mol. The summed E-state index contributed by atoms with van der Waals surface area (Å²) < 4.78 is 23.2. The first kappa shape index (κ1) is 26.6. The van der Waals surface area contributed by atoms with Crippen molar-refractivity contribution in [2.45, 2.75) is 19.4 Å². The molecule has 1 aromatic heterocycles. The second-order valence-corrected chi connectivity index (χ2v) is 9.80. The standard InChI is InChI=1S/C32H24O10/c1-15-20(34)11-25-28(30(15)37)21(35)12-24(41-25)17-5-9-19(10-6-17)40-32-27(39-2)14-26-29(31(32)38)22(36)13-23(42-26)16-3-7-18(33)8-4-16/h3-12,14,23,33-34,37-38H,13H2,1-2H3/t23-/m0/s1. The molecule has 4 N–H and O–H groups in total. The minimum Gasteiger partial charge on any atom is -0.508 e.